The lowest BCUT2D eigenvalue weighted by atomic mass is 9.88. The summed E-state index contributed by atoms with van der Waals surface area (Å²) < 4.78 is -1.51. The van der Waals surface area contributed by atoms with E-state index in [9.17, 15) is 14.7 Å². The molecule has 0 unspecified atom stereocenters. The molecule has 2 fully saturated rings. The molecule has 2 aliphatic rings. The van der Waals surface area contributed by atoms with Gasteiger partial charge in [0.25, 0.3) is 0 Å². The number of rotatable bonds is 3. The number of β-lactam (4-membered cyclic amide) rings is 1. The van der Waals surface area contributed by atoms with E-state index >= 15 is 0 Å². The molecular formula is C11H15BrN2O4S. The van der Waals surface area contributed by atoms with Crippen LogP contribution in [0.4, 0.5) is 0 Å². The number of halogens is 1. The van der Waals surface area contributed by atoms with Crippen molar-refractivity contribution in [3.8, 4) is 0 Å². The Kier molecular flexibility index (Phi) is 3.37. The fourth-order valence-electron chi connectivity index (χ4n) is 2.56. The Bertz CT molecular complexity index is 481. The fraction of sp³-hybridized carbons (Fsp3) is 0.727. The number of carbonyl (C=O) groups is 2. The summed E-state index contributed by atoms with van der Waals surface area (Å²) in [4.78, 5) is 29.9. The zero-order chi connectivity index (χ0) is 14.6. The van der Waals surface area contributed by atoms with Crippen molar-refractivity contribution in [3.05, 3.63) is 0 Å². The van der Waals surface area contributed by atoms with Crippen molar-refractivity contribution < 1.29 is 19.5 Å². The zero-order valence-electron chi connectivity index (χ0n) is 11.0. The van der Waals surface area contributed by atoms with Crippen LogP contribution in [0.2, 0.25) is 0 Å². The number of thioether (sulfide) groups is 1. The lowest BCUT2D eigenvalue weighted by Gasteiger charge is -2.49. The molecule has 2 rings (SSSR count). The van der Waals surface area contributed by atoms with Crippen molar-refractivity contribution in [2.75, 3.05) is 7.11 Å². The molecule has 2 saturated heterocycles. The van der Waals surface area contributed by atoms with E-state index in [4.69, 9.17) is 4.84 Å². The normalized spacial score (nSPS) is 36.8. The van der Waals surface area contributed by atoms with Gasteiger partial charge < -0.3 is 14.8 Å². The molecular weight excluding hydrogens is 336 g/mol. The van der Waals surface area contributed by atoms with Gasteiger partial charge in [-0.25, -0.2) is 4.79 Å². The smallest absolute Gasteiger partial charge is 0.327 e. The predicted octanol–water partition coefficient (Wildman–Crippen LogP) is 1.29. The molecule has 19 heavy (non-hydrogen) atoms. The topological polar surface area (TPSA) is 79.2 Å². The summed E-state index contributed by atoms with van der Waals surface area (Å²) in [6.07, 6.45) is 0. The maximum atomic E-state index is 12.3. The van der Waals surface area contributed by atoms with Crippen LogP contribution in [-0.4, -0.2) is 55.2 Å². The molecule has 2 heterocycles. The quantitative estimate of drug-likeness (QED) is 0.359. The largest absolute Gasteiger partial charge is 0.480 e. The van der Waals surface area contributed by atoms with E-state index < -0.39 is 21.1 Å². The first kappa shape index (κ1) is 14.6. The minimum atomic E-state index is -0.982. The Labute approximate surface area is 123 Å². The molecule has 0 aromatic carbocycles. The van der Waals surface area contributed by atoms with Crippen LogP contribution in [0.15, 0.2) is 5.16 Å². The SMILES string of the molecule is CO/N=C(/C)[C@@]1(Br)C(=O)N2[C@@H](C(=O)O)C(C)(C)S[C@@H]21. The van der Waals surface area contributed by atoms with Gasteiger partial charge in [0, 0.05) is 4.75 Å². The number of hydrogen-bond acceptors (Lipinski definition) is 5. The van der Waals surface area contributed by atoms with Crippen LogP contribution >= 0.6 is 27.7 Å². The third-order valence-electron chi connectivity index (χ3n) is 3.48. The molecule has 0 aromatic rings. The average molecular weight is 351 g/mol. The number of oxime groups is 1. The van der Waals surface area contributed by atoms with E-state index in [1.807, 2.05) is 13.8 Å². The second-order valence-electron chi connectivity index (χ2n) is 5.10. The lowest BCUT2D eigenvalue weighted by molar-refractivity contribution is -0.158. The molecule has 6 nitrogen and oxygen atoms in total. The van der Waals surface area contributed by atoms with Crippen molar-refractivity contribution in [2.45, 2.75) is 41.3 Å². The Morgan fingerprint density at radius 2 is 2.16 bits per heavy atom. The van der Waals surface area contributed by atoms with Gasteiger partial charge in [0.05, 0.1) is 5.71 Å². The summed E-state index contributed by atoms with van der Waals surface area (Å²) in [7, 11) is 1.41. The summed E-state index contributed by atoms with van der Waals surface area (Å²) in [6, 6.07) is -0.823. The third kappa shape index (κ3) is 1.79. The highest BCUT2D eigenvalue weighted by molar-refractivity contribution is 9.10. The van der Waals surface area contributed by atoms with Gasteiger partial charge in [0.2, 0.25) is 5.91 Å². The number of amides is 1. The van der Waals surface area contributed by atoms with Gasteiger partial charge in [-0.15, -0.1) is 11.8 Å². The maximum absolute atomic E-state index is 12.3. The monoisotopic (exact) mass is 350 g/mol. The number of fused-ring (bicyclic) bond motifs is 1. The molecule has 1 N–H and O–H groups in total. The van der Waals surface area contributed by atoms with Crippen LogP contribution in [0, 0.1) is 0 Å². The van der Waals surface area contributed by atoms with Gasteiger partial charge in [-0.05, 0) is 20.8 Å². The highest BCUT2D eigenvalue weighted by Gasteiger charge is 2.72. The average Bonchev–Trinajstić information content (AvgIpc) is 2.58. The summed E-state index contributed by atoms with van der Waals surface area (Å²) in [5.41, 5.74) is 0.496. The highest BCUT2D eigenvalue weighted by Crippen LogP contribution is 2.58. The summed E-state index contributed by atoms with van der Waals surface area (Å²) in [6.45, 7) is 5.35. The van der Waals surface area contributed by atoms with E-state index in [1.54, 1.807) is 6.92 Å². The minimum Gasteiger partial charge on any atom is -0.480 e. The van der Waals surface area contributed by atoms with Gasteiger partial charge in [-0.3, -0.25) is 4.79 Å². The summed E-state index contributed by atoms with van der Waals surface area (Å²) in [5, 5.41) is 12.8. The number of carbonyl (C=O) groups excluding carboxylic acids is 1. The fourth-order valence-corrected chi connectivity index (χ4v) is 5.02. The number of alkyl halides is 1. The molecule has 106 valence electrons. The number of carboxylic acids is 1. The van der Waals surface area contributed by atoms with E-state index in [0.717, 1.165) is 0 Å². The molecule has 0 spiro atoms. The standard InChI is InChI=1S/C11H15BrN2O4S/c1-5(13-18-4)11(12)8(17)14-6(7(15)16)10(2,3)19-9(11)14/h6,9H,1-4H3,(H,15,16)/b13-5-/t6-,9+,11+/m0/s1. The molecule has 0 bridgehead atoms. The molecule has 1 amide bonds. The minimum absolute atomic E-state index is 0.277. The lowest BCUT2D eigenvalue weighted by Crippen LogP contribution is -2.73. The van der Waals surface area contributed by atoms with Crippen LogP contribution in [0.25, 0.3) is 0 Å². The van der Waals surface area contributed by atoms with Crippen molar-refractivity contribution in [1.29, 1.82) is 0 Å². The van der Waals surface area contributed by atoms with E-state index in [2.05, 4.69) is 21.1 Å². The van der Waals surface area contributed by atoms with E-state index in [0.29, 0.717) is 5.71 Å². The van der Waals surface area contributed by atoms with E-state index in [-0.39, 0.29) is 11.3 Å². The van der Waals surface area contributed by atoms with Gasteiger partial charge in [0.1, 0.15) is 18.5 Å². The first-order chi connectivity index (χ1) is 8.67. The van der Waals surface area contributed by atoms with Crippen LogP contribution in [0.1, 0.15) is 20.8 Å². The Morgan fingerprint density at radius 3 is 2.63 bits per heavy atom. The first-order valence-electron chi connectivity index (χ1n) is 5.68. The van der Waals surface area contributed by atoms with Gasteiger partial charge in [0.15, 0.2) is 4.32 Å². The second kappa shape index (κ2) is 4.37. The van der Waals surface area contributed by atoms with Crippen molar-refractivity contribution in [1.82, 2.24) is 4.90 Å². The Hall–Kier alpha value is -0.760. The molecule has 0 radical (unpaired) electrons. The number of hydrogen-bond donors (Lipinski definition) is 1. The number of aliphatic carboxylic acids is 1. The van der Waals surface area contributed by atoms with Gasteiger partial charge in [-0.2, -0.15) is 0 Å². The number of carboxylic acid groups (broad SMARTS) is 1. The summed E-state index contributed by atoms with van der Waals surface area (Å²) in [5.74, 6) is -1.26. The summed E-state index contributed by atoms with van der Waals surface area (Å²) >= 11 is 4.88. The predicted molar refractivity (Wildman–Crippen MR) is 75.5 cm³/mol. The van der Waals surface area contributed by atoms with Crippen molar-refractivity contribution >= 4 is 45.3 Å². The molecule has 2 aliphatic heterocycles. The number of nitrogens with zero attached hydrogens (tertiary/aromatic N) is 2. The molecule has 0 aliphatic carbocycles. The van der Waals surface area contributed by atoms with Crippen LogP contribution in [0.3, 0.4) is 0 Å². The van der Waals surface area contributed by atoms with E-state index in [1.165, 1.54) is 23.8 Å². The molecule has 0 aromatic heterocycles. The van der Waals surface area contributed by atoms with Crippen LogP contribution in [-0.2, 0) is 14.4 Å². The van der Waals surface area contributed by atoms with Crippen molar-refractivity contribution in [2.24, 2.45) is 5.16 Å². The van der Waals surface area contributed by atoms with Crippen LogP contribution < -0.4 is 0 Å². The molecule has 3 atom stereocenters. The Balaban J connectivity index is 2.38. The first-order valence-corrected chi connectivity index (χ1v) is 7.35. The molecule has 0 saturated carbocycles. The zero-order valence-corrected chi connectivity index (χ0v) is 13.4. The van der Waals surface area contributed by atoms with Crippen LogP contribution in [0.5, 0.6) is 0 Å². The third-order valence-corrected chi connectivity index (χ3v) is 6.76. The second-order valence-corrected chi connectivity index (χ2v) is 8.08. The highest BCUT2D eigenvalue weighted by atomic mass is 79.9. The maximum Gasteiger partial charge on any atom is 0.327 e. The van der Waals surface area contributed by atoms with Gasteiger partial charge in [-0.1, -0.05) is 21.1 Å². The van der Waals surface area contributed by atoms with Crippen molar-refractivity contribution in [3.63, 3.8) is 0 Å². The van der Waals surface area contributed by atoms with Gasteiger partial charge >= 0.3 is 5.97 Å². The molecule has 8 heteroatoms. The Morgan fingerprint density at radius 1 is 1.58 bits per heavy atom.